The number of hydrogen-bond acceptors (Lipinski definition) is 7. The van der Waals surface area contributed by atoms with E-state index in [0.717, 1.165) is 12.1 Å². The fourth-order valence-electron chi connectivity index (χ4n) is 2.34. The van der Waals surface area contributed by atoms with E-state index in [1.165, 1.54) is 31.4 Å². The fraction of sp³-hybridized carbons (Fsp3) is 0.222. The average molecular weight is 426 g/mol. The van der Waals surface area contributed by atoms with Gasteiger partial charge in [0, 0.05) is 11.8 Å². The van der Waals surface area contributed by atoms with E-state index >= 15 is 0 Å². The minimum Gasteiger partial charge on any atom is -0.496 e. The van der Waals surface area contributed by atoms with Crippen molar-refractivity contribution < 1.29 is 42.6 Å². The molecule has 10 nitrogen and oxygen atoms in total. The molecule has 0 radical (unpaired) electrons. The number of carbonyl (C=O) groups excluding carboxylic acids is 1. The SMILES string of the molecule is COc1cc(NC(=O)OCc2ccc(OCC(=O)O)cc2[N+](=O)[O-])ccc1C(F)F. The summed E-state index contributed by atoms with van der Waals surface area (Å²) in [5, 5.41) is 22.1. The van der Waals surface area contributed by atoms with Crippen molar-refractivity contribution in [3.63, 3.8) is 0 Å². The zero-order valence-electron chi connectivity index (χ0n) is 15.5. The normalized spacial score (nSPS) is 10.4. The number of carboxylic acids is 1. The van der Waals surface area contributed by atoms with E-state index in [9.17, 15) is 28.5 Å². The van der Waals surface area contributed by atoms with Gasteiger partial charge in [0.1, 0.15) is 18.1 Å². The smallest absolute Gasteiger partial charge is 0.411 e. The van der Waals surface area contributed by atoms with Gasteiger partial charge in [-0.2, -0.15) is 0 Å². The van der Waals surface area contributed by atoms with Crippen LogP contribution in [0.3, 0.4) is 0 Å². The van der Waals surface area contributed by atoms with Gasteiger partial charge in [0.25, 0.3) is 12.1 Å². The van der Waals surface area contributed by atoms with Gasteiger partial charge in [-0.1, -0.05) is 0 Å². The first-order valence-corrected chi connectivity index (χ1v) is 8.23. The number of nitro benzene ring substituents is 1. The molecule has 2 N–H and O–H groups in total. The van der Waals surface area contributed by atoms with Gasteiger partial charge in [0.05, 0.1) is 29.2 Å². The first kappa shape index (κ1) is 22.3. The Balaban J connectivity index is 2.05. The maximum atomic E-state index is 12.9. The number of halogens is 2. The third-order valence-corrected chi connectivity index (χ3v) is 3.69. The van der Waals surface area contributed by atoms with E-state index in [-0.39, 0.29) is 28.3 Å². The van der Waals surface area contributed by atoms with Gasteiger partial charge in [0.15, 0.2) is 6.61 Å². The third kappa shape index (κ3) is 6.02. The van der Waals surface area contributed by atoms with Crippen molar-refractivity contribution in [1.82, 2.24) is 0 Å². The van der Waals surface area contributed by atoms with Crippen LogP contribution >= 0.6 is 0 Å². The van der Waals surface area contributed by atoms with Crippen LogP contribution in [0.1, 0.15) is 17.6 Å². The van der Waals surface area contributed by atoms with Crippen molar-refractivity contribution in [1.29, 1.82) is 0 Å². The number of rotatable bonds is 9. The molecule has 12 heteroatoms. The zero-order chi connectivity index (χ0) is 22.3. The largest absolute Gasteiger partial charge is 0.496 e. The molecule has 2 aromatic rings. The summed E-state index contributed by atoms with van der Waals surface area (Å²) in [7, 11) is 1.20. The van der Waals surface area contributed by atoms with Crippen LogP contribution in [0.25, 0.3) is 0 Å². The lowest BCUT2D eigenvalue weighted by Crippen LogP contribution is -2.14. The van der Waals surface area contributed by atoms with Crippen molar-refractivity contribution in [2.24, 2.45) is 0 Å². The Labute approximate surface area is 168 Å². The molecule has 0 spiro atoms. The molecule has 0 atom stereocenters. The topological polar surface area (TPSA) is 137 Å². The van der Waals surface area contributed by atoms with Crippen molar-refractivity contribution in [3.05, 3.63) is 57.6 Å². The highest BCUT2D eigenvalue weighted by Gasteiger charge is 2.18. The van der Waals surface area contributed by atoms with Gasteiger partial charge in [-0.3, -0.25) is 15.4 Å². The Morgan fingerprint density at radius 3 is 2.57 bits per heavy atom. The Morgan fingerprint density at radius 1 is 1.23 bits per heavy atom. The van der Waals surface area contributed by atoms with E-state index in [4.69, 9.17) is 19.3 Å². The second kappa shape index (κ2) is 10.0. The number of carbonyl (C=O) groups is 2. The number of carboxylic acid groups (broad SMARTS) is 1. The Hall–Kier alpha value is -3.96. The van der Waals surface area contributed by atoms with Crippen LogP contribution < -0.4 is 14.8 Å². The second-order valence-electron chi connectivity index (χ2n) is 5.69. The average Bonchev–Trinajstić information content (AvgIpc) is 2.70. The summed E-state index contributed by atoms with van der Waals surface area (Å²) < 4.78 is 40.4. The fourth-order valence-corrected chi connectivity index (χ4v) is 2.34. The van der Waals surface area contributed by atoms with E-state index in [1.807, 2.05) is 0 Å². The lowest BCUT2D eigenvalue weighted by molar-refractivity contribution is -0.385. The number of nitrogens with zero attached hydrogens (tertiary/aromatic N) is 1. The van der Waals surface area contributed by atoms with E-state index < -0.39 is 42.3 Å². The molecule has 160 valence electrons. The van der Waals surface area contributed by atoms with Gasteiger partial charge in [0.2, 0.25) is 0 Å². The molecule has 2 aromatic carbocycles. The predicted molar refractivity (Wildman–Crippen MR) is 98.0 cm³/mol. The summed E-state index contributed by atoms with van der Waals surface area (Å²) in [4.78, 5) is 32.9. The van der Waals surface area contributed by atoms with Crippen molar-refractivity contribution in [2.75, 3.05) is 19.0 Å². The zero-order valence-corrected chi connectivity index (χ0v) is 15.5. The molecule has 0 aliphatic carbocycles. The standard InChI is InChI=1S/C18H16F2N2O8/c1-28-15-6-11(3-5-13(15)17(19)20)21-18(25)30-8-10-2-4-12(29-9-16(23)24)7-14(10)22(26)27/h2-7,17H,8-9H2,1H3,(H,21,25)(H,23,24). The molecule has 0 aliphatic rings. The summed E-state index contributed by atoms with van der Waals surface area (Å²) in [5.74, 6) is -1.42. The number of aliphatic carboxylic acids is 1. The number of nitrogens with one attached hydrogen (secondary N) is 1. The van der Waals surface area contributed by atoms with Crippen LogP contribution in [0.5, 0.6) is 11.5 Å². The van der Waals surface area contributed by atoms with Crippen LogP contribution in [0, 0.1) is 10.1 Å². The maximum absolute atomic E-state index is 12.9. The van der Waals surface area contributed by atoms with Gasteiger partial charge in [-0.05, 0) is 24.3 Å². The summed E-state index contributed by atoms with van der Waals surface area (Å²) >= 11 is 0. The Bertz CT molecular complexity index is 952. The quantitative estimate of drug-likeness (QED) is 0.457. The summed E-state index contributed by atoms with van der Waals surface area (Å²) in [5.41, 5.74) is -0.637. The molecule has 0 heterocycles. The van der Waals surface area contributed by atoms with Crippen LogP contribution in [-0.4, -0.2) is 35.8 Å². The molecular weight excluding hydrogens is 410 g/mol. The van der Waals surface area contributed by atoms with Crippen molar-refractivity contribution in [3.8, 4) is 11.5 Å². The number of nitro groups is 1. The number of amides is 1. The van der Waals surface area contributed by atoms with Crippen LogP contribution in [-0.2, 0) is 16.1 Å². The molecule has 0 aromatic heterocycles. The highest BCUT2D eigenvalue weighted by atomic mass is 19.3. The lowest BCUT2D eigenvalue weighted by Gasteiger charge is -2.11. The van der Waals surface area contributed by atoms with E-state index in [0.29, 0.717) is 0 Å². The number of methoxy groups -OCH3 is 1. The summed E-state index contributed by atoms with van der Waals surface area (Å²) in [6.45, 7) is -1.16. The Morgan fingerprint density at radius 2 is 1.97 bits per heavy atom. The van der Waals surface area contributed by atoms with Gasteiger partial charge in [-0.25, -0.2) is 18.4 Å². The first-order chi connectivity index (χ1) is 14.2. The molecule has 0 aliphatic heterocycles. The number of hydrogen-bond donors (Lipinski definition) is 2. The molecule has 1 amide bonds. The van der Waals surface area contributed by atoms with Crippen LogP contribution in [0.15, 0.2) is 36.4 Å². The third-order valence-electron chi connectivity index (χ3n) is 3.69. The van der Waals surface area contributed by atoms with Crippen LogP contribution in [0.4, 0.5) is 25.0 Å². The molecule has 2 rings (SSSR count). The molecule has 30 heavy (non-hydrogen) atoms. The number of anilines is 1. The first-order valence-electron chi connectivity index (χ1n) is 8.23. The van der Waals surface area contributed by atoms with E-state index in [1.54, 1.807) is 0 Å². The van der Waals surface area contributed by atoms with Crippen molar-refractivity contribution in [2.45, 2.75) is 13.0 Å². The monoisotopic (exact) mass is 426 g/mol. The van der Waals surface area contributed by atoms with Gasteiger partial charge >= 0.3 is 12.1 Å². The predicted octanol–water partition coefficient (Wildman–Crippen LogP) is 3.75. The minimum atomic E-state index is -2.76. The van der Waals surface area contributed by atoms with Gasteiger partial charge in [-0.15, -0.1) is 0 Å². The molecule has 0 saturated carbocycles. The highest BCUT2D eigenvalue weighted by Crippen LogP contribution is 2.31. The number of ether oxygens (including phenoxy) is 3. The van der Waals surface area contributed by atoms with E-state index in [2.05, 4.69) is 5.32 Å². The molecule has 0 unspecified atom stereocenters. The van der Waals surface area contributed by atoms with Crippen LogP contribution in [0.2, 0.25) is 0 Å². The second-order valence-corrected chi connectivity index (χ2v) is 5.69. The number of benzene rings is 2. The molecule has 0 bridgehead atoms. The lowest BCUT2D eigenvalue weighted by atomic mass is 10.2. The summed E-state index contributed by atoms with van der Waals surface area (Å²) in [6.07, 6.45) is -3.74. The van der Waals surface area contributed by atoms with Crippen molar-refractivity contribution >= 4 is 23.4 Å². The van der Waals surface area contributed by atoms with Gasteiger partial charge < -0.3 is 19.3 Å². The molecular formula is C18H16F2N2O8. The minimum absolute atomic E-state index is 0.0310. The maximum Gasteiger partial charge on any atom is 0.411 e. The molecule has 0 saturated heterocycles. The molecule has 0 fully saturated rings. The Kier molecular flexibility index (Phi) is 7.44. The highest BCUT2D eigenvalue weighted by molar-refractivity contribution is 5.85. The number of alkyl halides is 2. The summed E-state index contributed by atoms with van der Waals surface area (Å²) in [6, 6.07) is 7.04.